The van der Waals surface area contributed by atoms with Crippen LogP contribution in [0.15, 0.2) is 64.5 Å². The van der Waals surface area contributed by atoms with Gasteiger partial charge in [0.25, 0.3) is 5.91 Å². The minimum atomic E-state index is -0.659. The second-order valence-corrected chi connectivity index (χ2v) is 7.36. The summed E-state index contributed by atoms with van der Waals surface area (Å²) < 4.78 is 0. The van der Waals surface area contributed by atoms with Crippen molar-refractivity contribution in [2.45, 2.75) is 32.7 Å². The van der Waals surface area contributed by atoms with Gasteiger partial charge in [0, 0.05) is 23.7 Å². The number of rotatable bonds is 4. The number of amides is 2. The maximum absolute atomic E-state index is 12.1. The van der Waals surface area contributed by atoms with E-state index in [-0.39, 0.29) is 17.1 Å². The third-order valence-electron chi connectivity index (χ3n) is 4.31. The maximum Gasteiger partial charge on any atom is 0.271 e. The summed E-state index contributed by atoms with van der Waals surface area (Å²) in [5.74, 6) is -0.812. The molecular formula is C21H23N5O2. The van der Waals surface area contributed by atoms with Crippen LogP contribution in [0.3, 0.4) is 0 Å². The Labute approximate surface area is 163 Å². The van der Waals surface area contributed by atoms with E-state index in [0.29, 0.717) is 17.1 Å². The van der Waals surface area contributed by atoms with Gasteiger partial charge in [-0.05, 0) is 50.1 Å². The second kappa shape index (κ2) is 7.64. The van der Waals surface area contributed by atoms with Crippen LogP contribution in [0.1, 0.15) is 31.9 Å². The predicted octanol–water partition coefficient (Wildman–Crippen LogP) is 3.51. The molecule has 2 aromatic carbocycles. The van der Waals surface area contributed by atoms with Gasteiger partial charge in [0.1, 0.15) is 0 Å². The third-order valence-corrected chi connectivity index (χ3v) is 4.31. The van der Waals surface area contributed by atoms with Gasteiger partial charge in [-0.15, -0.1) is 5.11 Å². The van der Waals surface area contributed by atoms with Crippen molar-refractivity contribution in [2.75, 3.05) is 5.32 Å². The van der Waals surface area contributed by atoms with E-state index < -0.39 is 5.91 Å². The highest BCUT2D eigenvalue weighted by Crippen LogP contribution is 2.32. The van der Waals surface area contributed by atoms with Crippen LogP contribution in [-0.4, -0.2) is 17.4 Å². The Bertz CT molecular complexity index is 975. The Morgan fingerprint density at radius 1 is 1.11 bits per heavy atom. The number of azo groups is 1. The van der Waals surface area contributed by atoms with Crippen LogP contribution in [0.2, 0.25) is 0 Å². The molecule has 1 aliphatic heterocycles. The molecule has 28 heavy (non-hydrogen) atoms. The van der Waals surface area contributed by atoms with Crippen LogP contribution in [0.25, 0.3) is 5.70 Å². The van der Waals surface area contributed by atoms with E-state index in [1.165, 1.54) is 6.92 Å². The molecule has 0 radical (unpaired) electrons. The van der Waals surface area contributed by atoms with Gasteiger partial charge < -0.3 is 16.4 Å². The molecule has 4 N–H and O–H groups in total. The highest BCUT2D eigenvalue weighted by atomic mass is 16.1. The van der Waals surface area contributed by atoms with E-state index in [1.54, 1.807) is 24.3 Å². The van der Waals surface area contributed by atoms with Gasteiger partial charge in [0.05, 0.1) is 11.4 Å². The summed E-state index contributed by atoms with van der Waals surface area (Å²) in [7, 11) is 0. The first-order valence-electron chi connectivity index (χ1n) is 8.95. The molecule has 0 saturated heterocycles. The van der Waals surface area contributed by atoms with E-state index in [1.807, 2.05) is 24.3 Å². The smallest absolute Gasteiger partial charge is 0.271 e. The molecule has 0 unspecified atom stereocenters. The van der Waals surface area contributed by atoms with Crippen LogP contribution in [-0.2, 0) is 16.0 Å². The summed E-state index contributed by atoms with van der Waals surface area (Å²) in [6.07, 6.45) is 0.820. The summed E-state index contributed by atoms with van der Waals surface area (Å²) in [5, 5.41) is 14.4. The lowest BCUT2D eigenvalue weighted by molar-refractivity contribution is -0.115. The Hall–Kier alpha value is -3.48. The van der Waals surface area contributed by atoms with Gasteiger partial charge in [-0.2, -0.15) is 5.11 Å². The van der Waals surface area contributed by atoms with Gasteiger partial charge in [0.15, 0.2) is 5.70 Å². The monoisotopic (exact) mass is 377 g/mol. The normalized spacial score (nSPS) is 16.8. The molecule has 1 aliphatic rings. The number of primary amides is 1. The quantitative estimate of drug-likeness (QED) is 0.560. The lowest BCUT2D eigenvalue weighted by atomic mass is 9.85. The summed E-state index contributed by atoms with van der Waals surface area (Å²) in [6, 6.07) is 14.7. The van der Waals surface area contributed by atoms with E-state index in [4.69, 9.17) is 5.73 Å². The van der Waals surface area contributed by atoms with Crippen molar-refractivity contribution in [3.63, 3.8) is 0 Å². The number of carbonyl (C=O) groups is 2. The number of hydrogen-bond donors (Lipinski definition) is 3. The number of nitrogens with zero attached hydrogens (tertiary/aromatic N) is 2. The number of nitrogens with one attached hydrogen (secondary N) is 2. The first-order chi connectivity index (χ1) is 13.2. The van der Waals surface area contributed by atoms with Gasteiger partial charge >= 0.3 is 0 Å². The van der Waals surface area contributed by atoms with Crippen molar-refractivity contribution in [1.29, 1.82) is 0 Å². The van der Waals surface area contributed by atoms with E-state index in [0.717, 1.165) is 17.5 Å². The highest BCUT2D eigenvalue weighted by molar-refractivity contribution is 6.00. The number of hydrogen-bond acceptors (Lipinski definition) is 5. The molecule has 2 aromatic rings. The van der Waals surface area contributed by atoms with Crippen molar-refractivity contribution < 1.29 is 9.59 Å². The number of benzene rings is 2. The Kier molecular flexibility index (Phi) is 5.26. The average Bonchev–Trinajstić information content (AvgIpc) is 2.61. The largest absolute Gasteiger partial charge is 0.377 e. The average molecular weight is 377 g/mol. The first-order valence-corrected chi connectivity index (χ1v) is 8.95. The molecule has 7 nitrogen and oxygen atoms in total. The number of nitrogens with two attached hydrogens (primary N) is 1. The topological polar surface area (TPSA) is 109 Å². The summed E-state index contributed by atoms with van der Waals surface area (Å²) in [4.78, 5) is 23.2. The summed E-state index contributed by atoms with van der Waals surface area (Å²) in [5.41, 5.74) is 9.24. The Morgan fingerprint density at radius 2 is 1.79 bits per heavy atom. The molecule has 0 aliphatic carbocycles. The van der Waals surface area contributed by atoms with Crippen molar-refractivity contribution in [2.24, 2.45) is 16.0 Å². The van der Waals surface area contributed by atoms with Crippen molar-refractivity contribution in [1.82, 2.24) is 5.32 Å². The van der Waals surface area contributed by atoms with E-state index in [2.05, 4.69) is 34.7 Å². The molecule has 3 rings (SSSR count). The molecular weight excluding hydrogens is 354 g/mol. The van der Waals surface area contributed by atoms with Crippen molar-refractivity contribution in [3.05, 3.63) is 65.4 Å². The summed E-state index contributed by atoms with van der Waals surface area (Å²) in [6.45, 7) is 5.55. The fraction of sp³-hybridized carbons (Fsp3) is 0.238. The fourth-order valence-electron chi connectivity index (χ4n) is 3.18. The molecule has 0 fully saturated rings. The van der Waals surface area contributed by atoms with Gasteiger partial charge in [0.2, 0.25) is 5.91 Å². The van der Waals surface area contributed by atoms with Gasteiger partial charge in [-0.3, -0.25) is 9.59 Å². The lowest BCUT2D eigenvalue weighted by Crippen LogP contribution is -2.44. The zero-order chi connectivity index (χ0) is 20.3. The molecule has 0 spiro atoms. The van der Waals surface area contributed by atoms with Crippen LogP contribution in [0.5, 0.6) is 0 Å². The third kappa shape index (κ3) is 4.43. The minimum absolute atomic E-state index is 0.0752. The molecule has 144 valence electrons. The standard InChI is InChI=1S/C21H23N5O2/c1-13(27)23-15-8-10-16(11-9-15)25-26-19(20(22)28)18-17-7-5-4-6-14(17)12-21(2,3)24-18/h4-11,24H,12H2,1-3H3,(H2,22,28)(H,23,27). The number of anilines is 1. The molecule has 0 saturated carbocycles. The second-order valence-electron chi connectivity index (χ2n) is 7.36. The molecule has 0 atom stereocenters. The van der Waals surface area contributed by atoms with Crippen LogP contribution >= 0.6 is 0 Å². The predicted molar refractivity (Wildman–Crippen MR) is 109 cm³/mol. The number of fused-ring (bicyclic) bond motifs is 1. The number of carbonyl (C=O) groups excluding carboxylic acids is 2. The lowest BCUT2D eigenvalue weighted by Gasteiger charge is -2.35. The molecule has 1 heterocycles. The van der Waals surface area contributed by atoms with Crippen molar-refractivity contribution in [3.8, 4) is 0 Å². The van der Waals surface area contributed by atoms with Crippen LogP contribution < -0.4 is 16.4 Å². The van der Waals surface area contributed by atoms with Gasteiger partial charge in [-0.25, -0.2) is 0 Å². The van der Waals surface area contributed by atoms with Crippen molar-refractivity contribution >= 4 is 28.9 Å². The maximum atomic E-state index is 12.1. The Morgan fingerprint density at radius 3 is 2.43 bits per heavy atom. The minimum Gasteiger partial charge on any atom is -0.377 e. The molecule has 0 bridgehead atoms. The molecule has 2 amide bonds. The van der Waals surface area contributed by atoms with Crippen LogP contribution in [0, 0.1) is 0 Å². The SMILES string of the molecule is CC(=O)Nc1ccc(N=NC(C(N)=O)=C2NC(C)(C)Cc3ccccc32)cc1. The van der Waals surface area contributed by atoms with Gasteiger partial charge in [-0.1, -0.05) is 24.3 Å². The Balaban J connectivity index is 1.98. The fourth-order valence-corrected chi connectivity index (χ4v) is 3.18. The molecule has 7 heteroatoms. The van der Waals surface area contributed by atoms with Crippen LogP contribution in [0.4, 0.5) is 11.4 Å². The first kappa shape index (κ1) is 19.3. The molecule has 0 aromatic heterocycles. The zero-order valence-corrected chi connectivity index (χ0v) is 16.1. The van der Waals surface area contributed by atoms with E-state index >= 15 is 0 Å². The highest BCUT2D eigenvalue weighted by Gasteiger charge is 2.30. The zero-order valence-electron chi connectivity index (χ0n) is 16.1. The van der Waals surface area contributed by atoms with E-state index in [9.17, 15) is 9.59 Å². The summed E-state index contributed by atoms with van der Waals surface area (Å²) >= 11 is 0.